The van der Waals surface area contributed by atoms with Gasteiger partial charge in [-0.05, 0) is 110 Å². The Kier molecular flexibility index (Phi) is 18.1. The molecule has 0 aliphatic carbocycles. The van der Waals surface area contributed by atoms with Crippen LogP contribution in [0.5, 0.6) is 0 Å². The molecule has 1 aliphatic heterocycles. The van der Waals surface area contributed by atoms with Crippen LogP contribution in [-0.2, 0) is 49.3 Å². The van der Waals surface area contributed by atoms with E-state index in [1.165, 1.54) is 14.0 Å². The van der Waals surface area contributed by atoms with Crippen molar-refractivity contribution in [2.75, 3.05) is 13.7 Å². The molecule has 8 atom stereocenters. The molecule has 73 heavy (non-hydrogen) atoms. The first-order chi connectivity index (χ1) is 34.8. The quantitative estimate of drug-likeness (QED) is 0.0574. The third-order valence-electron chi connectivity index (χ3n) is 11.5. The summed E-state index contributed by atoms with van der Waals surface area (Å²) in [4.78, 5) is 111. The van der Waals surface area contributed by atoms with E-state index in [9.17, 15) is 55.9 Å². The number of carbonyl (C=O) groups is 8. The molecule has 5 aromatic rings. The van der Waals surface area contributed by atoms with E-state index in [0.29, 0.717) is 5.56 Å². The lowest BCUT2D eigenvalue weighted by Gasteiger charge is -2.46. The molecule has 21 heteroatoms. The van der Waals surface area contributed by atoms with Gasteiger partial charge in [-0.3, -0.25) is 19.2 Å². The zero-order valence-corrected chi connectivity index (χ0v) is 39.2. The minimum Gasteiger partial charge on any atom is -0.459 e. The molecule has 0 unspecified atom stereocenters. The second-order valence-electron chi connectivity index (χ2n) is 16.7. The van der Waals surface area contributed by atoms with Crippen molar-refractivity contribution in [1.29, 1.82) is 0 Å². The Bertz CT molecular complexity index is 2790. The fourth-order valence-electron chi connectivity index (χ4n) is 7.72. The normalized spacial score (nSPS) is 18.4. The number of amides is 4. The van der Waals surface area contributed by atoms with E-state index in [2.05, 4.69) is 10.6 Å². The molecule has 0 radical (unpaired) electrons. The van der Waals surface area contributed by atoms with E-state index in [1.54, 1.807) is 30.3 Å². The topological polar surface area (TPSA) is 236 Å². The summed E-state index contributed by atoms with van der Waals surface area (Å²) in [5.41, 5.74) is 5.34. The molecular formula is C52H48F4N4O13. The molecule has 0 aromatic heterocycles. The number of esters is 4. The van der Waals surface area contributed by atoms with Gasteiger partial charge in [0.25, 0.3) is 0 Å². The Hall–Kier alpha value is -8.46. The summed E-state index contributed by atoms with van der Waals surface area (Å²) in [6.07, 6.45) is -10.6. The van der Waals surface area contributed by atoms with Gasteiger partial charge in [0.1, 0.15) is 60.2 Å². The van der Waals surface area contributed by atoms with Crippen molar-refractivity contribution < 1.29 is 79.6 Å². The molecule has 1 fully saturated rings. The van der Waals surface area contributed by atoms with Gasteiger partial charge in [-0.25, -0.2) is 36.7 Å². The third-order valence-corrected chi connectivity index (χ3v) is 11.5. The van der Waals surface area contributed by atoms with Crippen molar-refractivity contribution in [2.45, 2.75) is 75.3 Å². The average molecular weight is 1010 g/mol. The highest BCUT2D eigenvalue weighted by atomic mass is 19.1. The highest BCUT2D eigenvalue weighted by Crippen LogP contribution is 2.34. The van der Waals surface area contributed by atoms with Crippen LogP contribution in [-0.4, -0.2) is 115 Å². The number of rotatable bonds is 19. The number of nitrogens with two attached hydrogens (primary N) is 1. The van der Waals surface area contributed by atoms with Gasteiger partial charge in [-0.15, -0.1) is 0 Å². The van der Waals surface area contributed by atoms with E-state index >= 15 is 0 Å². The van der Waals surface area contributed by atoms with Crippen LogP contribution in [0.2, 0.25) is 0 Å². The monoisotopic (exact) mass is 1010 g/mol. The Morgan fingerprint density at radius 1 is 0.589 bits per heavy atom. The number of benzene rings is 5. The molecule has 0 spiro atoms. The molecule has 1 heterocycles. The van der Waals surface area contributed by atoms with Crippen molar-refractivity contribution >= 4 is 47.5 Å². The van der Waals surface area contributed by atoms with Crippen LogP contribution in [0.4, 0.5) is 17.6 Å². The molecule has 4 amide bonds. The number of nitrogens with one attached hydrogen (secondary N) is 2. The van der Waals surface area contributed by atoms with Gasteiger partial charge in [0.2, 0.25) is 23.6 Å². The van der Waals surface area contributed by atoms with Crippen LogP contribution in [0, 0.1) is 23.3 Å². The summed E-state index contributed by atoms with van der Waals surface area (Å²) in [7, 11) is 1.17. The zero-order chi connectivity index (χ0) is 52.9. The zero-order valence-electron chi connectivity index (χ0n) is 39.2. The molecule has 4 N–H and O–H groups in total. The molecule has 0 bridgehead atoms. The summed E-state index contributed by atoms with van der Waals surface area (Å²) in [6.45, 7) is 1.56. The van der Waals surface area contributed by atoms with Crippen molar-refractivity contribution in [3.05, 3.63) is 178 Å². The van der Waals surface area contributed by atoms with Crippen LogP contribution in [0.25, 0.3) is 0 Å². The maximum atomic E-state index is 14.7. The molecular weight excluding hydrogens is 965 g/mol. The summed E-state index contributed by atoms with van der Waals surface area (Å²) < 4.78 is 86.3. The molecule has 17 nitrogen and oxygen atoms in total. The lowest BCUT2D eigenvalue weighted by atomic mass is 9.89. The van der Waals surface area contributed by atoms with E-state index in [0.717, 1.165) is 109 Å². The Balaban J connectivity index is 1.51. The van der Waals surface area contributed by atoms with Gasteiger partial charge in [-0.1, -0.05) is 30.3 Å². The van der Waals surface area contributed by atoms with Gasteiger partial charge >= 0.3 is 23.9 Å². The standard InChI is InChI=1S/C52H48F4N4O13/c1-28(58-29(2)61)48(64)60(3)40(47(63)59-39(46(57)62)25-30-7-5-4-6-8-30)26-41-43(71-50(66)32-11-19-36(54)20-12-32)45(73-52(68)34-15-23-38(56)24-16-34)44(72-51(67)33-13-21-37(55)22-14-33)42(70-41)27-69-49(65)31-9-17-35(53)18-10-31/h4-24,28,39-45H,25-27H2,1-3H3,(H2,57,62)(H,58,61)(H,59,63)/t28-,39-,40-,41-,42+,43-,44+,45+/m0/s1. The van der Waals surface area contributed by atoms with Crippen molar-refractivity contribution in [1.82, 2.24) is 15.5 Å². The van der Waals surface area contributed by atoms with Crippen LogP contribution in [0.3, 0.4) is 0 Å². The number of nitrogens with zero attached hydrogens (tertiary/aromatic N) is 1. The van der Waals surface area contributed by atoms with Crippen LogP contribution in [0.15, 0.2) is 127 Å². The predicted octanol–water partition coefficient (Wildman–Crippen LogP) is 4.80. The third kappa shape index (κ3) is 14.6. The first kappa shape index (κ1) is 53.9. The van der Waals surface area contributed by atoms with Gasteiger partial charge < -0.3 is 45.0 Å². The summed E-state index contributed by atoms with van der Waals surface area (Å²) in [5.74, 6) is -11.2. The molecule has 6 rings (SSSR count). The van der Waals surface area contributed by atoms with Crippen molar-refractivity contribution in [2.24, 2.45) is 5.73 Å². The summed E-state index contributed by atoms with van der Waals surface area (Å²) >= 11 is 0. The number of primary amides is 1. The largest absolute Gasteiger partial charge is 0.459 e. The smallest absolute Gasteiger partial charge is 0.338 e. The Labute approximate surface area is 414 Å². The fourth-order valence-corrected chi connectivity index (χ4v) is 7.72. The van der Waals surface area contributed by atoms with Crippen molar-refractivity contribution in [3.8, 4) is 0 Å². The second kappa shape index (κ2) is 24.6. The van der Waals surface area contributed by atoms with Gasteiger partial charge in [-0.2, -0.15) is 0 Å². The van der Waals surface area contributed by atoms with Crippen LogP contribution < -0.4 is 16.4 Å². The van der Waals surface area contributed by atoms with Crippen LogP contribution in [0.1, 0.15) is 67.3 Å². The molecule has 5 aromatic carbocycles. The molecule has 1 saturated heterocycles. The number of halogens is 4. The van der Waals surface area contributed by atoms with E-state index in [4.69, 9.17) is 29.4 Å². The molecule has 0 saturated carbocycles. The first-order valence-electron chi connectivity index (χ1n) is 22.4. The first-order valence-corrected chi connectivity index (χ1v) is 22.4. The average Bonchev–Trinajstić information content (AvgIpc) is 3.36. The number of ether oxygens (including phenoxy) is 5. The highest BCUT2D eigenvalue weighted by molar-refractivity contribution is 5.94. The number of hydrogen-bond donors (Lipinski definition) is 3. The number of likely N-dealkylation sites (N-methyl/N-ethyl adjacent to an activating group) is 1. The number of hydrogen-bond acceptors (Lipinski definition) is 13. The SMILES string of the molecule is CC(=O)N[C@@H](C)C(=O)N(C)[C@@H](C[C@@H]1O[C@H](COC(=O)c2ccc(F)cc2)[C@@H](OC(=O)c2ccc(F)cc2)[C@H](OC(=O)c2ccc(F)cc2)[C@H]1OC(=O)c1ccc(F)cc1)C(=O)N[C@@H](Cc1ccccc1)C(N)=O. The molecule has 382 valence electrons. The molecule has 1 aliphatic rings. The minimum atomic E-state index is -2.07. The summed E-state index contributed by atoms with van der Waals surface area (Å²) in [6, 6.07) is 19.9. The maximum absolute atomic E-state index is 14.7. The van der Waals surface area contributed by atoms with E-state index in [1.807, 2.05) is 0 Å². The predicted molar refractivity (Wildman–Crippen MR) is 248 cm³/mol. The lowest BCUT2D eigenvalue weighted by Crippen LogP contribution is -2.64. The van der Waals surface area contributed by atoms with Crippen molar-refractivity contribution in [3.63, 3.8) is 0 Å². The fraction of sp³-hybridized carbons (Fsp3) is 0.269. The Morgan fingerprint density at radius 2 is 1.00 bits per heavy atom. The number of carbonyl (C=O) groups excluding carboxylic acids is 8. The van der Waals surface area contributed by atoms with Gasteiger partial charge in [0, 0.05) is 26.8 Å². The summed E-state index contributed by atoms with van der Waals surface area (Å²) in [5, 5.41) is 4.98. The minimum absolute atomic E-state index is 0.129. The van der Waals surface area contributed by atoms with Gasteiger partial charge in [0.05, 0.1) is 22.3 Å². The van der Waals surface area contributed by atoms with Crippen LogP contribution >= 0.6 is 0 Å². The highest BCUT2D eigenvalue weighted by Gasteiger charge is 2.54. The second-order valence-corrected chi connectivity index (χ2v) is 16.7. The van der Waals surface area contributed by atoms with E-state index in [-0.39, 0.29) is 28.7 Å². The van der Waals surface area contributed by atoms with E-state index < -0.39 is 132 Å². The Morgan fingerprint density at radius 3 is 1.42 bits per heavy atom. The van der Waals surface area contributed by atoms with Gasteiger partial charge in [0.15, 0.2) is 18.3 Å². The lowest BCUT2D eigenvalue weighted by molar-refractivity contribution is -0.232. The maximum Gasteiger partial charge on any atom is 0.338 e.